The summed E-state index contributed by atoms with van der Waals surface area (Å²) in [7, 11) is 0. The number of hydrogen-bond acceptors (Lipinski definition) is 4. The Morgan fingerprint density at radius 2 is 2.09 bits per heavy atom. The van der Waals surface area contributed by atoms with Gasteiger partial charge in [0.2, 0.25) is 0 Å². The van der Waals surface area contributed by atoms with Crippen LogP contribution in [-0.4, -0.2) is 31.2 Å². The maximum absolute atomic E-state index is 11.5. The Hall–Kier alpha value is -2.08. The van der Waals surface area contributed by atoms with Gasteiger partial charge in [-0.3, -0.25) is 9.59 Å². The van der Waals surface area contributed by atoms with Gasteiger partial charge in [0.15, 0.2) is 0 Å². The molecule has 0 aliphatic rings. The maximum Gasteiger partial charge on any atom is 0.329 e. The largest absolute Gasteiger partial charge is 0.492 e. The summed E-state index contributed by atoms with van der Waals surface area (Å²) in [6.07, 6.45) is 2.30. The van der Waals surface area contributed by atoms with E-state index in [1.807, 2.05) is 20.8 Å². The number of hydrogen-bond donors (Lipinski definition) is 2. The molecular formula is C16H22ClN3O3. The normalized spacial score (nSPS) is 10.8. The van der Waals surface area contributed by atoms with Crippen molar-refractivity contribution in [3.8, 4) is 5.75 Å². The van der Waals surface area contributed by atoms with E-state index in [4.69, 9.17) is 16.3 Å². The van der Waals surface area contributed by atoms with Gasteiger partial charge >= 0.3 is 11.8 Å². The predicted octanol–water partition coefficient (Wildman–Crippen LogP) is 2.35. The number of hydrazone groups is 1. The fraction of sp³-hybridized carbons (Fsp3) is 0.438. The highest BCUT2D eigenvalue weighted by molar-refractivity contribution is 6.35. The molecule has 0 spiro atoms. The van der Waals surface area contributed by atoms with Crippen molar-refractivity contribution >= 4 is 29.6 Å². The second kappa shape index (κ2) is 9.84. The Kier molecular flexibility index (Phi) is 8.11. The van der Waals surface area contributed by atoms with E-state index in [0.717, 1.165) is 6.42 Å². The molecule has 0 heterocycles. The van der Waals surface area contributed by atoms with Crippen molar-refractivity contribution in [3.63, 3.8) is 0 Å². The van der Waals surface area contributed by atoms with Gasteiger partial charge in [0.1, 0.15) is 5.75 Å². The smallest absolute Gasteiger partial charge is 0.329 e. The first-order valence-corrected chi connectivity index (χ1v) is 7.85. The minimum Gasteiger partial charge on any atom is -0.492 e. The predicted molar refractivity (Wildman–Crippen MR) is 90.8 cm³/mol. The van der Waals surface area contributed by atoms with Crippen LogP contribution < -0.4 is 15.5 Å². The van der Waals surface area contributed by atoms with Crippen molar-refractivity contribution in [2.45, 2.75) is 27.2 Å². The second-order valence-corrected chi connectivity index (χ2v) is 5.75. The van der Waals surface area contributed by atoms with Crippen LogP contribution in [0.3, 0.4) is 0 Å². The van der Waals surface area contributed by atoms with Crippen LogP contribution in [0.5, 0.6) is 5.75 Å². The Balaban J connectivity index is 2.52. The van der Waals surface area contributed by atoms with E-state index in [-0.39, 0.29) is 5.92 Å². The molecule has 1 aromatic rings. The topological polar surface area (TPSA) is 79.8 Å². The lowest BCUT2D eigenvalue weighted by Gasteiger charge is -2.07. The van der Waals surface area contributed by atoms with Crippen LogP contribution in [0.25, 0.3) is 0 Å². The summed E-state index contributed by atoms with van der Waals surface area (Å²) in [5.74, 6) is -0.651. The van der Waals surface area contributed by atoms with Crippen LogP contribution in [0, 0.1) is 5.92 Å². The van der Waals surface area contributed by atoms with Crippen LogP contribution in [0.1, 0.15) is 32.8 Å². The van der Waals surface area contributed by atoms with E-state index in [9.17, 15) is 9.59 Å². The van der Waals surface area contributed by atoms with Gasteiger partial charge in [-0.15, -0.1) is 0 Å². The number of carbonyl (C=O) groups excluding carboxylic acids is 2. The van der Waals surface area contributed by atoms with Gasteiger partial charge in [0.05, 0.1) is 17.8 Å². The zero-order chi connectivity index (χ0) is 17.2. The van der Waals surface area contributed by atoms with E-state index in [1.54, 1.807) is 18.2 Å². The Bertz CT molecular complexity index is 574. The molecule has 2 N–H and O–H groups in total. The Morgan fingerprint density at radius 3 is 2.70 bits per heavy atom. The number of carbonyl (C=O) groups is 2. The minimum atomic E-state index is -0.809. The molecule has 0 aromatic heterocycles. The Labute approximate surface area is 141 Å². The fourth-order valence-electron chi connectivity index (χ4n) is 1.52. The van der Waals surface area contributed by atoms with Gasteiger partial charge in [-0.1, -0.05) is 32.4 Å². The van der Waals surface area contributed by atoms with Crippen molar-refractivity contribution in [3.05, 3.63) is 28.8 Å². The van der Waals surface area contributed by atoms with Gasteiger partial charge in [0, 0.05) is 6.54 Å². The molecule has 0 saturated heterocycles. The summed E-state index contributed by atoms with van der Waals surface area (Å²) in [5.41, 5.74) is 2.85. The second-order valence-electron chi connectivity index (χ2n) is 5.34. The quantitative estimate of drug-likeness (QED) is 0.454. The molecule has 0 aliphatic heterocycles. The molecule has 0 radical (unpaired) electrons. The van der Waals surface area contributed by atoms with E-state index < -0.39 is 11.8 Å². The van der Waals surface area contributed by atoms with Gasteiger partial charge in [-0.2, -0.15) is 5.10 Å². The lowest BCUT2D eigenvalue weighted by atomic mass is 10.2. The average molecular weight is 340 g/mol. The molecular weight excluding hydrogens is 318 g/mol. The highest BCUT2D eigenvalue weighted by atomic mass is 35.5. The van der Waals surface area contributed by atoms with Crippen LogP contribution in [0.2, 0.25) is 5.02 Å². The number of ether oxygens (including phenoxy) is 1. The van der Waals surface area contributed by atoms with E-state index in [0.29, 0.717) is 29.5 Å². The van der Waals surface area contributed by atoms with Crippen LogP contribution in [0.4, 0.5) is 0 Å². The third-order valence-corrected chi connectivity index (χ3v) is 2.97. The Morgan fingerprint density at radius 1 is 1.35 bits per heavy atom. The van der Waals surface area contributed by atoms with Gasteiger partial charge in [-0.05, 0) is 36.1 Å². The average Bonchev–Trinajstić information content (AvgIpc) is 2.51. The molecule has 1 aromatic carbocycles. The van der Waals surface area contributed by atoms with Crippen molar-refractivity contribution < 1.29 is 14.3 Å². The number of rotatable bonds is 7. The summed E-state index contributed by atoms with van der Waals surface area (Å²) in [6.45, 7) is 6.91. The molecule has 126 valence electrons. The summed E-state index contributed by atoms with van der Waals surface area (Å²) >= 11 is 6.09. The zero-order valence-corrected chi connectivity index (χ0v) is 14.3. The third kappa shape index (κ3) is 7.15. The lowest BCUT2D eigenvalue weighted by molar-refractivity contribution is -0.139. The number of benzene rings is 1. The third-order valence-electron chi connectivity index (χ3n) is 2.67. The summed E-state index contributed by atoms with van der Waals surface area (Å²) in [6, 6.07) is 5.16. The number of nitrogens with one attached hydrogen (secondary N) is 2. The highest BCUT2D eigenvalue weighted by Gasteiger charge is 2.12. The van der Waals surface area contributed by atoms with Gasteiger partial charge in [0.25, 0.3) is 0 Å². The minimum absolute atomic E-state index is 0.269. The standard InChI is InChI=1S/C16H22ClN3O3/c1-4-7-23-14-6-5-12(8-13(14)17)10-19-20-16(22)15(21)18-9-11(2)3/h5-6,8,10-11H,4,7,9H2,1-3H3,(H,18,21)(H,20,22)/b19-10-. The van der Waals surface area contributed by atoms with E-state index in [1.165, 1.54) is 6.21 Å². The number of amides is 2. The fourth-order valence-corrected chi connectivity index (χ4v) is 1.76. The summed E-state index contributed by atoms with van der Waals surface area (Å²) in [4.78, 5) is 23.0. The molecule has 6 nitrogen and oxygen atoms in total. The van der Waals surface area contributed by atoms with E-state index in [2.05, 4.69) is 15.8 Å². The first-order chi connectivity index (χ1) is 10.9. The molecule has 0 fully saturated rings. The van der Waals surface area contributed by atoms with Gasteiger partial charge < -0.3 is 10.1 Å². The summed E-state index contributed by atoms with van der Waals surface area (Å²) in [5, 5.41) is 6.70. The van der Waals surface area contributed by atoms with Crippen molar-refractivity contribution in [2.24, 2.45) is 11.0 Å². The SMILES string of the molecule is CCCOc1ccc(/C=N\NC(=O)C(=O)NCC(C)C)cc1Cl. The first kappa shape index (κ1) is 19.0. The molecule has 0 saturated carbocycles. The molecule has 1 rings (SSSR count). The van der Waals surface area contributed by atoms with Crippen molar-refractivity contribution in [1.82, 2.24) is 10.7 Å². The first-order valence-electron chi connectivity index (χ1n) is 7.47. The van der Waals surface area contributed by atoms with Crippen LogP contribution in [-0.2, 0) is 9.59 Å². The van der Waals surface area contributed by atoms with Crippen LogP contribution >= 0.6 is 11.6 Å². The lowest BCUT2D eigenvalue weighted by Crippen LogP contribution is -2.39. The molecule has 7 heteroatoms. The maximum atomic E-state index is 11.5. The van der Waals surface area contributed by atoms with E-state index >= 15 is 0 Å². The summed E-state index contributed by atoms with van der Waals surface area (Å²) < 4.78 is 5.46. The molecule has 2 amide bonds. The molecule has 23 heavy (non-hydrogen) atoms. The molecule has 0 unspecified atom stereocenters. The molecule has 0 atom stereocenters. The van der Waals surface area contributed by atoms with Crippen molar-refractivity contribution in [2.75, 3.05) is 13.2 Å². The van der Waals surface area contributed by atoms with Crippen molar-refractivity contribution in [1.29, 1.82) is 0 Å². The highest BCUT2D eigenvalue weighted by Crippen LogP contribution is 2.24. The zero-order valence-electron chi connectivity index (χ0n) is 13.6. The monoisotopic (exact) mass is 339 g/mol. The van der Waals surface area contributed by atoms with Crippen LogP contribution in [0.15, 0.2) is 23.3 Å². The molecule has 0 bridgehead atoms. The number of halogens is 1. The van der Waals surface area contributed by atoms with Gasteiger partial charge in [-0.25, -0.2) is 5.43 Å². The number of nitrogens with zero attached hydrogens (tertiary/aromatic N) is 1. The molecule has 0 aliphatic carbocycles.